The van der Waals surface area contributed by atoms with Gasteiger partial charge in [0.2, 0.25) is 0 Å². The molecular formula is C13H26N2O4. The molecule has 0 saturated carbocycles. The Balaban J connectivity index is 2.36. The summed E-state index contributed by atoms with van der Waals surface area (Å²) in [6.45, 7) is 5.11. The minimum atomic E-state index is -0.778. The molecule has 0 radical (unpaired) electrons. The molecule has 3 unspecified atom stereocenters. The number of aliphatic carboxylic acids is 1. The highest BCUT2D eigenvalue weighted by Gasteiger charge is 2.33. The molecule has 0 aromatic heterocycles. The monoisotopic (exact) mass is 274 g/mol. The molecule has 0 spiro atoms. The Morgan fingerprint density at radius 1 is 1.37 bits per heavy atom. The molecule has 0 amide bonds. The smallest absolute Gasteiger partial charge is 0.320 e. The summed E-state index contributed by atoms with van der Waals surface area (Å²) < 4.78 is 10.7. The molecule has 1 saturated heterocycles. The van der Waals surface area contributed by atoms with Crippen LogP contribution in [0.15, 0.2) is 0 Å². The molecule has 3 atom stereocenters. The van der Waals surface area contributed by atoms with Crippen LogP contribution in [-0.2, 0) is 14.3 Å². The topological polar surface area (TPSA) is 71.0 Å². The Morgan fingerprint density at radius 3 is 2.37 bits per heavy atom. The van der Waals surface area contributed by atoms with E-state index in [1.165, 1.54) is 0 Å². The lowest BCUT2D eigenvalue weighted by molar-refractivity contribution is -0.139. The quantitative estimate of drug-likeness (QED) is 0.625. The van der Waals surface area contributed by atoms with Gasteiger partial charge < -0.3 is 19.9 Å². The van der Waals surface area contributed by atoms with Gasteiger partial charge in [-0.2, -0.15) is 0 Å². The Hall–Kier alpha value is -0.690. The molecule has 1 aliphatic heterocycles. The Kier molecular flexibility index (Phi) is 7.30. The maximum absolute atomic E-state index is 11.1. The molecule has 1 aliphatic rings. The van der Waals surface area contributed by atoms with Crippen LogP contribution in [0.5, 0.6) is 0 Å². The number of carboxylic acid groups (broad SMARTS) is 1. The number of nitrogens with one attached hydrogen (secondary N) is 1. The first-order valence-corrected chi connectivity index (χ1v) is 6.86. The zero-order valence-corrected chi connectivity index (χ0v) is 12.1. The fraction of sp³-hybridized carbons (Fsp3) is 0.923. The highest BCUT2D eigenvalue weighted by atomic mass is 16.5. The van der Waals surface area contributed by atoms with Crippen molar-refractivity contribution in [3.8, 4) is 0 Å². The number of nitrogens with zero attached hydrogens (tertiary/aromatic N) is 1. The Labute approximate surface area is 115 Å². The molecule has 6 nitrogen and oxygen atoms in total. The van der Waals surface area contributed by atoms with Gasteiger partial charge in [-0.25, -0.2) is 0 Å². The average Bonchev–Trinajstić information content (AvgIpc) is 2.80. The summed E-state index contributed by atoms with van der Waals surface area (Å²) in [7, 11) is 3.37. The van der Waals surface area contributed by atoms with E-state index in [-0.39, 0.29) is 12.2 Å². The lowest BCUT2D eigenvalue weighted by Gasteiger charge is -2.19. The number of methoxy groups -OCH3 is 2. The zero-order chi connectivity index (χ0) is 14.3. The maximum Gasteiger partial charge on any atom is 0.320 e. The molecule has 0 aliphatic carbocycles. The fourth-order valence-corrected chi connectivity index (χ4v) is 2.40. The second-order valence-electron chi connectivity index (χ2n) is 4.94. The van der Waals surface area contributed by atoms with Crippen molar-refractivity contribution in [2.45, 2.75) is 38.0 Å². The number of hydrogen-bond donors (Lipinski definition) is 2. The first-order valence-electron chi connectivity index (χ1n) is 6.86. The third kappa shape index (κ3) is 5.06. The van der Waals surface area contributed by atoms with Crippen molar-refractivity contribution < 1.29 is 19.4 Å². The molecule has 2 N–H and O–H groups in total. The van der Waals surface area contributed by atoms with Crippen LogP contribution in [0.2, 0.25) is 0 Å². The van der Waals surface area contributed by atoms with E-state index in [9.17, 15) is 4.79 Å². The van der Waals surface area contributed by atoms with Crippen molar-refractivity contribution in [1.29, 1.82) is 0 Å². The number of carbonyl (C=O) groups is 1. The van der Waals surface area contributed by atoms with E-state index >= 15 is 0 Å². The number of hydrogen-bond acceptors (Lipinski definition) is 5. The molecule has 0 bridgehead atoms. The standard InChI is InChI=1S/C13H26N2O4/c1-4-6-14-10(13(16)17)5-7-15-8-11(18-2)12(9-15)19-3/h10-12,14H,4-9H2,1-3H3,(H,16,17). The predicted octanol–water partition coefficient (Wildman–Crippen LogP) is 0.175. The van der Waals surface area contributed by atoms with Crippen LogP contribution < -0.4 is 5.32 Å². The minimum absolute atomic E-state index is 0.0804. The summed E-state index contributed by atoms with van der Waals surface area (Å²) in [6, 6.07) is -0.470. The molecule has 0 aromatic carbocycles. The van der Waals surface area contributed by atoms with Crippen molar-refractivity contribution in [2.75, 3.05) is 40.4 Å². The summed E-state index contributed by atoms with van der Waals surface area (Å²) in [5, 5.41) is 12.2. The van der Waals surface area contributed by atoms with Crippen LogP contribution in [0.25, 0.3) is 0 Å². The number of ether oxygens (including phenoxy) is 2. The van der Waals surface area contributed by atoms with Gasteiger partial charge in [0.05, 0.1) is 12.2 Å². The van der Waals surface area contributed by atoms with E-state index in [0.717, 1.165) is 32.6 Å². The van der Waals surface area contributed by atoms with Crippen molar-refractivity contribution in [2.24, 2.45) is 0 Å². The molecule has 1 fully saturated rings. The zero-order valence-electron chi connectivity index (χ0n) is 12.1. The van der Waals surface area contributed by atoms with E-state index in [2.05, 4.69) is 10.2 Å². The number of likely N-dealkylation sites (tertiary alicyclic amines) is 1. The van der Waals surface area contributed by atoms with Crippen molar-refractivity contribution in [3.05, 3.63) is 0 Å². The Bertz CT molecular complexity index is 263. The van der Waals surface area contributed by atoms with Gasteiger partial charge in [-0.05, 0) is 19.4 Å². The van der Waals surface area contributed by atoms with E-state index < -0.39 is 12.0 Å². The van der Waals surface area contributed by atoms with Crippen molar-refractivity contribution in [3.63, 3.8) is 0 Å². The minimum Gasteiger partial charge on any atom is -0.480 e. The molecule has 1 rings (SSSR count). The van der Waals surface area contributed by atoms with E-state index in [1.807, 2.05) is 6.92 Å². The third-order valence-corrected chi connectivity index (χ3v) is 3.57. The summed E-state index contributed by atoms with van der Waals surface area (Å²) in [5.41, 5.74) is 0. The molecular weight excluding hydrogens is 248 g/mol. The van der Waals surface area contributed by atoms with Gasteiger partial charge in [0, 0.05) is 33.9 Å². The van der Waals surface area contributed by atoms with Crippen molar-refractivity contribution in [1.82, 2.24) is 10.2 Å². The largest absolute Gasteiger partial charge is 0.480 e. The second-order valence-corrected chi connectivity index (χ2v) is 4.94. The predicted molar refractivity (Wildman–Crippen MR) is 72.4 cm³/mol. The van der Waals surface area contributed by atoms with Crippen LogP contribution in [0, 0.1) is 0 Å². The molecule has 112 valence electrons. The second kappa shape index (κ2) is 8.47. The fourth-order valence-electron chi connectivity index (χ4n) is 2.40. The van der Waals surface area contributed by atoms with Gasteiger partial charge in [0.1, 0.15) is 6.04 Å². The molecule has 6 heteroatoms. The van der Waals surface area contributed by atoms with E-state index in [0.29, 0.717) is 6.42 Å². The number of carboxylic acids is 1. The lowest BCUT2D eigenvalue weighted by atomic mass is 10.2. The van der Waals surface area contributed by atoms with Gasteiger partial charge in [-0.15, -0.1) is 0 Å². The molecule has 0 aromatic rings. The lowest BCUT2D eigenvalue weighted by Crippen LogP contribution is -2.40. The van der Waals surface area contributed by atoms with E-state index in [1.54, 1.807) is 14.2 Å². The SMILES string of the molecule is CCCNC(CCN1CC(OC)C(OC)C1)C(=O)O. The summed E-state index contributed by atoms with van der Waals surface area (Å²) >= 11 is 0. The van der Waals surface area contributed by atoms with Crippen LogP contribution in [-0.4, -0.2) is 74.6 Å². The van der Waals surface area contributed by atoms with Gasteiger partial charge >= 0.3 is 5.97 Å². The van der Waals surface area contributed by atoms with Crippen LogP contribution in [0.3, 0.4) is 0 Å². The number of rotatable bonds is 9. The average molecular weight is 274 g/mol. The normalized spacial score (nSPS) is 25.6. The van der Waals surface area contributed by atoms with E-state index in [4.69, 9.17) is 14.6 Å². The first kappa shape index (κ1) is 16.4. The van der Waals surface area contributed by atoms with Gasteiger partial charge in [0.25, 0.3) is 0 Å². The summed E-state index contributed by atoms with van der Waals surface area (Å²) in [4.78, 5) is 13.3. The summed E-state index contributed by atoms with van der Waals surface area (Å²) in [5.74, 6) is -0.778. The highest BCUT2D eigenvalue weighted by Crippen LogP contribution is 2.16. The van der Waals surface area contributed by atoms with Gasteiger partial charge in [0.15, 0.2) is 0 Å². The molecule has 1 heterocycles. The van der Waals surface area contributed by atoms with Crippen LogP contribution >= 0.6 is 0 Å². The van der Waals surface area contributed by atoms with Crippen LogP contribution in [0.1, 0.15) is 19.8 Å². The van der Waals surface area contributed by atoms with Crippen molar-refractivity contribution >= 4 is 5.97 Å². The van der Waals surface area contributed by atoms with Crippen LogP contribution in [0.4, 0.5) is 0 Å². The van der Waals surface area contributed by atoms with Gasteiger partial charge in [-0.1, -0.05) is 6.92 Å². The van der Waals surface area contributed by atoms with Gasteiger partial charge in [-0.3, -0.25) is 9.69 Å². The third-order valence-electron chi connectivity index (χ3n) is 3.57. The Morgan fingerprint density at radius 2 is 1.95 bits per heavy atom. The highest BCUT2D eigenvalue weighted by molar-refractivity contribution is 5.73. The summed E-state index contributed by atoms with van der Waals surface area (Å²) in [6.07, 6.45) is 1.70. The molecule has 19 heavy (non-hydrogen) atoms. The maximum atomic E-state index is 11.1. The first-order chi connectivity index (χ1) is 9.12.